The lowest BCUT2D eigenvalue weighted by molar-refractivity contribution is -0.137. The largest absolute Gasteiger partial charge is 0.481 e. The van der Waals surface area contributed by atoms with Crippen molar-refractivity contribution in [3.8, 4) is 0 Å². The molecule has 27 heavy (non-hydrogen) atoms. The molecule has 2 unspecified atom stereocenters. The van der Waals surface area contributed by atoms with Crippen LogP contribution in [-0.2, 0) is 9.59 Å². The zero-order valence-corrected chi connectivity index (χ0v) is 19.2. The summed E-state index contributed by atoms with van der Waals surface area (Å²) in [5.74, 6) is 1.96. The summed E-state index contributed by atoms with van der Waals surface area (Å²) in [6.45, 7) is 0.412. The molecule has 2 heterocycles. The molecule has 2 aliphatic heterocycles. The molecular weight excluding hydrogens is 422 g/mol. The highest BCUT2D eigenvalue weighted by atomic mass is 33.1. The number of hydrogen-bond donors (Lipinski definition) is 3. The monoisotopic (exact) mass is 455 g/mol. The number of unbranched alkanes of at least 4 members (excludes halogenated alkanes) is 2. The lowest BCUT2D eigenvalue weighted by Gasteiger charge is -2.06. The van der Waals surface area contributed by atoms with Crippen LogP contribution >= 0.6 is 43.2 Å². The van der Waals surface area contributed by atoms with Gasteiger partial charge in [-0.3, -0.25) is 9.59 Å². The Labute approximate surface area is 179 Å². The Morgan fingerprint density at radius 3 is 1.89 bits per heavy atom. The molecule has 3 N–H and O–H groups in total. The van der Waals surface area contributed by atoms with E-state index in [1.54, 1.807) is 0 Å². The number of carboxylic acids is 1. The van der Waals surface area contributed by atoms with Gasteiger partial charge >= 0.3 is 5.97 Å². The first-order valence-corrected chi connectivity index (χ1v) is 14.5. The Kier molecular flexibility index (Phi) is 16.1. The van der Waals surface area contributed by atoms with E-state index < -0.39 is 5.97 Å². The molecule has 9 heteroatoms. The van der Waals surface area contributed by atoms with Gasteiger partial charge in [0.25, 0.3) is 0 Å². The van der Waals surface area contributed by atoms with Crippen LogP contribution in [0, 0.1) is 0 Å². The maximum Gasteiger partial charge on any atom is 0.303 e. The van der Waals surface area contributed by atoms with E-state index in [4.69, 9.17) is 10.2 Å². The second-order valence-corrected chi connectivity index (χ2v) is 12.2. The summed E-state index contributed by atoms with van der Waals surface area (Å²) in [5.41, 5.74) is 0. The Morgan fingerprint density at radius 2 is 1.44 bits per heavy atom. The maximum atomic E-state index is 11.2. The lowest BCUT2D eigenvalue weighted by Crippen LogP contribution is -2.25. The first-order valence-electron chi connectivity index (χ1n) is 9.77. The Balaban J connectivity index is 0.000000277. The van der Waals surface area contributed by atoms with Crippen molar-refractivity contribution in [3.63, 3.8) is 0 Å². The molecule has 0 aromatic rings. The smallest absolute Gasteiger partial charge is 0.303 e. The molecule has 5 nitrogen and oxygen atoms in total. The van der Waals surface area contributed by atoms with Crippen molar-refractivity contribution in [1.29, 1.82) is 0 Å². The molecule has 0 bridgehead atoms. The van der Waals surface area contributed by atoms with Crippen LogP contribution in [0.2, 0.25) is 0 Å². The molecular formula is C18H33NO4S4. The van der Waals surface area contributed by atoms with Gasteiger partial charge in [0.05, 0.1) is 6.61 Å². The van der Waals surface area contributed by atoms with Crippen molar-refractivity contribution in [2.45, 2.75) is 74.7 Å². The minimum absolute atomic E-state index is 0.0294. The van der Waals surface area contributed by atoms with Crippen molar-refractivity contribution in [3.05, 3.63) is 0 Å². The Bertz CT molecular complexity index is 403. The third kappa shape index (κ3) is 14.9. The number of aliphatic hydroxyl groups excluding tert-OH is 1. The Hall–Kier alpha value is 0.300. The second kappa shape index (κ2) is 17.2. The molecule has 1 amide bonds. The van der Waals surface area contributed by atoms with E-state index in [2.05, 4.69) is 5.32 Å². The van der Waals surface area contributed by atoms with Crippen LogP contribution in [0.1, 0.15) is 64.2 Å². The van der Waals surface area contributed by atoms with Gasteiger partial charge in [0.2, 0.25) is 5.91 Å². The van der Waals surface area contributed by atoms with Gasteiger partial charge in [0.1, 0.15) is 0 Å². The van der Waals surface area contributed by atoms with Gasteiger partial charge < -0.3 is 15.5 Å². The van der Waals surface area contributed by atoms with E-state index in [1.807, 2.05) is 43.2 Å². The van der Waals surface area contributed by atoms with E-state index >= 15 is 0 Å². The van der Waals surface area contributed by atoms with Crippen LogP contribution in [0.25, 0.3) is 0 Å². The number of carbonyl (C=O) groups excluding carboxylic acids is 1. The highest BCUT2D eigenvalue weighted by Crippen LogP contribution is 2.40. The minimum atomic E-state index is -0.663. The average Bonchev–Trinajstić information content (AvgIpc) is 3.35. The van der Waals surface area contributed by atoms with E-state index in [0.717, 1.165) is 36.2 Å². The number of amides is 1. The van der Waals surface area contributed by atoms with Gasteiger partial charge in [-0.1, -0.05) is 56.0 Å². The fourth-order valence-corrected chi connectivity index (χ4v) is 8.77. The van der Waals surface area contributed by atoms with Crippen molar-refractivity contribution >= 4 is 55.1 Å². The van der Waals surface area contributed by atoms with Gasteiger partial charge in [-0.15, -0.1) is 0 Å². The molecule has 0 aliphatic carbocycles. The number of aliphatic carboxylic acids is 1. The average molecular weight is 456 g/mol. The molecule has 2 rings (SSSR count). The van der Waals surface area contributed by atoms with E-state index in [1.165, 1.54) is 37.2 Å². The summed E-state index contributed by atoms with van der Waals surface area (Å²) in [4.78, 5) is 21.4. The van der Waals surface area contributed by atoms with Crippen molar-refractivity contribution in [1.82, 2.24) is 5.32 Å². The molecule has 2 atom stereocenters. The highest BCUT2D eigenvalue weighted by Gasteiger charge is 2.16. The van der Waals surface area contributed by atoms with Gasteiger partial charge in [-0.05, 0) is 38.5 Å². The summed E-state index contributed by atoms with van der Waals surface area (Å²) in [6.07, 6.45) is 10.0. The lowest BCUT2D eigenvalue weighted by atomic mass is 10.1. The molecule has 2 fully saturated rings. The summed E-state index contributed by atoms with van der Waals surface area (Å²) < 4.78 is 0. The summed E-state index contributed by atoms with van der Waals surface area (Å²) >= 11 is 0. The molecule has 2 saturated heterocycles. The predicted molar refractivity (Wildman–Crippen MR) is 122 cm³/mol. The number of rotatable bonds is 12. The third-order valence-electron chi connectivity index (χ3n) is 4.24. The molecule has 0 saturated carbocycles. The zero-order valence-electron chi connectivity index (χ0n) is 15.9. The molecule has 0 spiro atoms. The first-order chi connectivity index (χ1) is 13.1. The second-order valence-electron chi connectivity index (χ2n) is 6.62. The normalized spacial score (nSPS) is 21.5. The van der Waals surface area contributed by atoms with Crippen LogP contribution in [-0.4, -0.2) is 57.2 Å². The van der Waals surface area contributed by atoms with E-state index in [-0.39, 0.29) is 12.5 Å². The summed E-state index contributed by atoms with van der Waals surface area (Å²) in [5, 5.41) is 21.2. The Morgan fingerprint density at radius 1 is 0.889 bits per heavy atom. The molecule has 0 aromatic carbocycles. The molecule has 2 aliphatic rings. The van der Waals surface area contributed by atoms with Crippen LogP contribution in [0.3, 0.4) is 0 Å². The topological polar surface area (TPSA) is 86.6 Å². The summed E-state index contributed by atoms with van der Waals surface area (Å²) in [7, 11) is 7.88. The number of carbonyl (C=O) groups is 2. The molecule has 158 valence electrons. The predicted octanol–water partition coefficient (Wildman–Crippen LogP) is 4.59. The van der Waals surface area contributed by atoms with Gasteiger partial charge in [-0.2, -0.15) is 0 Å². The van der Waals surface area contributed by atoms with E-state index in [0.29, 0.717) is 19.4 Å². The standard InChI is InChI=1S/C10H19NO2S2.C8H14O2S2/c12-7-6-11-10(13)4-2-1-3-9-5-8-14-15-9;9-8(10)4-2-1-3-7-5-6-11-12-7/h9,12H,1-8H2,(H,11,13);7H,1-6H2,(H,9,10). The van der Waals surface area contributed by atoms with Crippen LogP contribution in [0.4, 0.5) is 0 Å². The SMILES string of the molecule is O=C(CCCCC1CCSS1)NCCO.O=C(O)CCCCC1CCSS1. The third-order valence-corrected chi connectivity index (χ3v) is 10.2. The maximum absolute atomic E-state index is 11.2. The fraction of sp³-hybridized carbons (Fsp3) is 0.889. The van der Waals surface area contributed by atoms with Crippen LogP contribution in [0.15, 0.2) is 0 Å². The van der Waals surface area contributed by atoms with Crippen molar-refractivity contribution < 1.29 is 19.8 Å². The number of carboxylic acid groups (broad SMARTS) is 1. The van der Waals surface area contributed by atoms with Crippen molar-refractivity contribution in [2.24, 2.45) is 0 Å². The fourth-order valence-electron chi connectivity index (χ4n) is 2.72. The van der Waals surface area contributed by atoms with E-state index in [9.17, 15) is 9.59 Å². The number of aliphatic hydroxyl groups is 1. The number of hydrogen-bond acceptors (Lipinski definition) is 7. The quantitative estimate of drug-likeness (QED) is 0.291. The van der Waals surface area contributed by atoms with Crippen LogP contribution in [0.5, 0.6) is 0 Å². The minimum Gasteiger partial charge on any atom is -0.481 e. The summed E-state index contributed by atoms with van der Waals surface area (Å²) in [6, 6.07) is 0. The highest BCUT2D eigenvalue weighted by molar-refractivity contribution is 8.77. The van der Waals surface area contributed by atoms with Crippen molar-refractivity contribution in [2.75, 3.05) is 24.7 Å². The molecule has 0 radical (unpaired) electrons. The first kappa shape index (κ1) is 25.3. The zero-order chi connectivity index (χ0) is 19.7. The van der Waals surface area contributed by atoms with Gasteiger partial charge in [0, 0.05) is 41.4 Å². The van der Waals surface area contributed by atoms with Gasteiger partial charge in [0.15, 0.2) is 0 Å². The number of nitrogens with one attached hydrogen (secondary N) is 1. The molecule has 0 aromatic heterocycles. The van der Waals surface area contributed by atoms with Gasteiger partial charge in [-0.25, -0.2) is 0 Å². The van der Waals surface area contributed by atoms with Crippen LogP contribution < -0.4 is 5.32 Å².